The molecule has 0 amide bonds. The Labute approximate surface area is 116 Å². The van der Waals surface area contributed by atoms with Gasteiger partial charge in [0.1, 0.15) is 0 Å². The first-order valence-corrected chi connectivity index (χ1v) is 6.95. The largest absolute Gasteiger partial charge is 0.364 e. The van der Waals surface area contributed by atoms with Gasteiger partial charge in [-0.3, -0.25) is 4.79 Å². The highest BCUT2D eigenvalue weighted by molar-refractivity contribution is 5.90. The summed E-state index contributed by atoms with van der Waals surface area (Å²) in [6, 6.07) is 3.77. The van der Waals surface area contributed by atoms with Crippen LogP contribution in [-0.2, 0) is 9.53 Å². The summed E-state index contributed by atoms with van der Waals surface area (Å²) in [5.41, 5.74) is 0.233. The molecule has 1 atom stereocenters. The van der Waals surface area contributed by atoms with Gasteiger partial charge in [-0.05, 0) is 32.4 Å². The third-order valence-corrected chi connectivity index (χ3v) is 3.32. The quantitative estimate of drug-likeness (QED) is 0.539. The minimum atomic E-state index is -0.583. The fourth-order valence-electron chi connectivity index (χ4n) is 1.81. The van der Waals surface area contributed by atoms with E-state index >= 15 is 0 Å². The number of hydrogen-bond donors (Lipinski definition) is 1. The standard InChI is InChI=1S/C16H25NO2/c1-5-7-8-12-19-14(13-10-9-11-17-13)15(18)16(3,4)6-2/h6,9-11,14,17H,2,5,7-8,12H2,1,3-4H3. The summed E-state index contributed by atoms with van der Waals surface area (Å²) in [5, 5.41) is 0. The molecular weight excluding hydrogens is 238 g/mol. The lowest BCUT2D eigenvalue weighted by molar-refractivity contribution is -0.137. The van der Waals surface area contributed by atoms with Crippen molar-refractivity contribution in [3.05, 3.63) is 36.7 Å². The van der Waals surface area contributed by atoms with Crippen molar-refractivity contribution in [2.45, 2.75) is 46.1 Å². The van der Waals surface area contributed by atoms with E-state index in [0.717, 1.165) is 25.0 Å². The molecule has 0 radical (unpaired) electrons. The van der Waals surface area contributed by atoms with Crippen molar-refractivity contribution in [2.24, 2.45) is 5.41 Å². The third kappa shape index (κ3) is 4.35. The van der Waals surface area contributed by atoms with Crippen LogP contribution in [0.25, 0.3) is 0 Å². The molecule has 0 aliphatic rings. The first kappa shape index (κ1) is 15.7. The van der Waals surface area contributed by atoms with Crippen molar-refractivity contribution < 1.29 is 9.53 Å². The van der Waals surface area contributed by atoms with Crippen LogP contribution >= 0.6 is 0 Å². The predicted molar refractivity (Wildman–Crippen MR) is 78.0 cm³/mol. The average molecular weight is 263 g/mol. The van der Waals surface area contributed by atoms with Crippen LogP contribution in [0.4, 0.5) is 0 Å². The fraction of sp³-hybridized carbons (Fsp3) is 0.562. The highest BCUT2D eigenvalue weighted by atomic mass is 16.5. The zero-order chi connectivity index (χ0) is 14.3. The van der Waals surface area contributed by atoms with Gasteiger partial charge in [0.15, 0.2) is 11.9 Å². The highest BCUT2D eigenvalue weighted by Crippen LogP contribution is 2.29. The van der Waals surface area contributed by atoms with Crippen LogP contribution < -0.4 is 0 Å². The maximum Gasteiger partial charge on any atom is 0.176 e. The molecule has 3 heteroatoms. The molecule has 1 unspecified atom stereocenters. The summed E-state index contributed by atoms with van der Waals surface area (Å²) in [5.74, 6) is 0.0430. The van der Waals surface area contributed by atoms with E-state index in [1.807, 2.05) is 32.2 Å². The second kappa shape index (κ2) is 7.29. The van der Waals surface area contributed by atoms with E-state index in [0.29, 0.717) is 6.61 Å². The molecular formula is C16H25NO2. The zero-order valence-electron chi connectivity index (χ0n) is 12.2. The fourth-order valence-corrected chi connectivity index (χ4v) is 1.81. The number of ketones is 1. The molecule has 0 bridgehead atoms. The molecule has 0 saturated heterocycles. The number of unbranched alkanes of at least 4 members (excludes halogenated alkanes) is 2. The summed E-state index contributed by atoms with van der Waals surface area (Å²) in [4.78, 5) is 15.6. The van der Waals surface area contributed by atoms with E-state index < -0.39 is 11.5 Å². The van der Waals surface area contributed by atoms with E-state index in [9.17, 15) is 4.79 Å². The molecule has 0 saturated carbocycles. The van der Waals surface area contributed by atoms with E-state index in [-0.39, 0.29) is 5.78 Å². The van der Waals surface area contributed by atoms with Gasteiger partial charge in [0.2, 0.25) is 0 Å². The summed E-state index contributed by atoms with van der Waals surface area (Å²) >= 11 is 0. The maximum absolute atomic E-state index is 12.5. The maximum atomic E-state index is 12.5. The Bertz CT molecular complexity index is 393. The predicted octanol–water partition coefficient (Wildman–Crippen LogP) is 4.04. The number of ether oxygens (including phenoxy) is 1. The van der Waals surface area contributed by atoms with Gasteiger partial charge in [0.25, 0.3) is 0 Å². The number of carbonyl (C=O) groups excluding carboxylic acids is 1. The Kier molecular flexibility index (Phi) is 6.03. The van der Waals surface area contributed by atoms with Gasteiger partial charge in [-0.1, -0.05) is 25.8 Å². The first-order valence-electron chi connectivity index (χ1n) is 6.95. The lowest BCUT2D eigenvalue weighted by Crippen LogP contribution is -2.30. The molecule has 1 aromatic rings. The van der Waals surface area contributed by atoms with Gasteiger partial charge in [-0.15, -0.1) is 6.58 Å². The summed E-state index contributed by atoms with van der Waals surface area (Å²) in [6.07, 6.45) is 6.21. The van der Waals surface area contributed by atoms with E-state index in [1.54, 1.807) is 6.08 Å². The van der Waals surface area contributed by atoms with Gasteiger partial charge in [0.05, 0.1) is 5.69 Å². The molecule has 1 rings (SSSR count). The van der Waals surface area contributed by atoms with E-state index in [4.69, 9.17) is 4.74 Å². The summed E-state index contributed by atoms with van der Waals surface area (Å²) < 4.78 is 5.81. The zero-order valence-corrected chi connectivity index (χ0v) is 12.2. The third-order valence-electron chi connectivity index (χ3n) is 3.32. The highest BCUT2D eigenvalue weighted by Gasteiger charge is 2.33. The topological polar surface area (TPSA) is 42.1 Å². The molecule has 1 heterocycles. The smallest absolute Gasteiger partial charge is 0.176 e. The molecule has 0 aliphatic heterocycles. The Morgan fingerprint density at radius 1 is 1.53 bits per heavy atom. The van der Waals surface area contributed by atoms with E-state index in [2.05, 4.69) is 18.5 Å². The van der Waals surface area contributed by atoms with Crippen LogP contribution in [-0.4, -0.2) is 17.4 Å². The van der Waals surface area contributed by atoms with Crippen molar-refractivity contribution in [1.29, 1.82) is 0 Å². The number of aromatic nitrogens is 1. The lowest BCUT2D eigenvalue weighted by atomic mass is 9.84. The average Bonchev–Trinajstić information content (AvgIpc) is 2.92. The first-order chi connectivity index (χ1) is 9.03. The van der Waals surface area contributed by atoms with Crippen molar-refractivity contribution >= 4 is 5.78 Å². The Hall–Kier alpha value is -1.35. The number of carbonyl (C=O) groups is 1. The minimum Gasteiger partial charge on any atom is -0.364 e. The van der Waals surface area contributed by atoms with Crippen LogP contribution in [0.1, 0.15) is 51.8 Å². The molecule has 1 aromatic heterocycles. The van der Waals surface area contributed by atoms with Gasteiger partial charge in [0, 0.05) is 18.2 Å². The van der Waals surface area contributed by atoms with Gasteiger partial charge >= 0.3 is 0 Å². The van der Waals surface area contributed by atoms with Crippen molar-refractivity contribution in [3.63, 3.8) is 0 Å². The Morgan fingerprint density at radius 2 is 2.26 bits per heavy atom. The molecule has 0 aromatic carbocycles. The monoisotopic (exact) mass is 263 g/mol. The van der Waals surface area contributed by atoms with Crippen LogP contribution in [0.3, 0.4) is 0 Å². The number of nitrogens with one attached hydrogen (secondary N) is 1. The SMILES string of the molecule is C=CC(C)(C)C(=O)C(OCCCCC)c1ccc[nH]1. The van der Waals surface area contributed by atoms with Crippen LogP contribution in [0.15, 0.2) is 31.0 Å². The Morgan fingerprint density at radius 3 is 2.79 bits per heavy atom. The van der Waals surface area contributed by atoms with Gasteiger partial charge < -0.3 is 9.72 Å². The molecule has 106 valence electrons. The number of rotatable bonds is 9. The van der Waals surface area contributed by atoms with Crippen LogP contribution in [0.5, 0.6) is 0 Å². The molecule has 0 aliphatic carbocycles. The normalized spacial score (nSPS) is 13.2. The van der Waals surface area contributed by atoms with Gasteiger partial charge in [-0.25, -0.2) is 0 Å². The second-order valence-corrected chi connectivity index (χ2v) is 5.37. The molecule has 3 nitrogen and oxygen atoms in total. The number of H-pyrrole nitrogens is 1. The molecule has 19 heavy (non-hydrogen) atoms. The number of hydrogen-bond acceptors (Lipinski definition) is 2. The number of aromatic amines is 1. The van der Waals surface area contributed by atoms with Crippen molar-refractivity contribution in [3.8, 4) is 0 Å². The molecule has 1 N–H and O–H groups in total. The van der Waals surface area contributed by atoms with Gasteiger partial charge in [-0.2, -0.15) is 0 Å². The van der Waals surface area contributed by atoms with Crippen molar-refractivity contribution in [2.75, 3.05) is 6.61 Å². The minimum absolute atomic E-state index is 0.0430. The molecule has 0 fully saturated rings. The summed E-state index contributed by atoms with van der Waals surface area (Å²) in [7, 11) is 0. The van der Waals surface area contributed by atoms with E-state index in [1.165, 1.54) is 0 Å². The molecule has 0 spiro atoms. The van der Waals surface area contributed by atoms with Crippen LogP contribution in [0, 0.1) is 5.41 Å². The lowest BCUT2D eigenvalue weighted by Gasteiger charge is -2.25. The second-order valence-electron chi connectivity index (χ2n) is 5.37. The summed E-state index contributed by atoms with van der Waals surface area (Å²) in [6.45, 7) is 10.2. The van der Waals surface area contributed by atoms with Crippen LogP contribution in [0.2, 0.25) is 0 Å². The number of Topliss-reactive ketones (excluding diaryl/α,β-unsaturated/α-hetero) is 1. The number of allylic oxidation sites excluding steroid dienone is 1. The van der Waals surface area contributed by atoms with Crippen molar-refractivity contribution in [1.82, 2.24) is 4.98 Å². The Balaban J connectivity index is 2.76.